The second-order valence-corrected chi connectivity index (χ2v) is 6.99. The molecule has 2 rings (SSSR count). The minimum absolute atomic E-state index is 0.0382. The summed E-state index contributed by atoms with van der Waals surface area (Å²) >= 11 is 0. The Morgan fingerprint density at radius 1 is 1.33 bits per heavy atom. The largest absolute Gasteiger partial charge is 0.375 e. The van der Waals surface area contributed by atoms with Gasteiger partial charge in [-0.1, -0.05) is 6.07 Å². The Bertz CT molecular complexity index is 484. The summed E-state index contributed by atoms with van der Waals surface area (Å²) in [4.78, 5) is 2.26. The Labute approximate surface area is 127 Å². The number of ether oxygens (including phenoxy) is 1. The number of nitrogens with zero attached hydrogens (tertiary/aromatic N) is 1. The third-order valence-electron chi connectivity index (χ3n) is 3.81. The number of anilines is 1. The fraction of sp³-hybridized carbons (Fsp3) is 0.647. The van der Waals surface area contributed by atoms with Gasteiger partial charge >= 0.3 is 0 Å². The highest BCUT2D eigenvalue weighted by Gasteiger charge is 2.26. The topological polar surface area (TPSA) is 24.5 Å². The molecule has 0 radical (unpaired) electrons. The van der Waals surface area contributed by atoms with Crippen molar-refractivity contribution in [3.8, 4) is 0 Å². The molecular formula is C17H27FN2O. The fourth-order valence-corrected chi connectivity index (χ4v) is 2.58. The van der Waals surface area contributed by atoms with Crippen LogP contribution in [0.25, 0.3) is 0 Å². The zero-order valence-corrected chi connectivity index (χ0v) is 13.7. The van der Waals surface area contributed by atoms with Gasteiger partial charge in [0.1, 0.15) is 5.82 Å². The molecule has 1 saturated heterocycles. The van der Waals surface area contributed by atoms with Crippen molar-refractivity contribution in [1.82, 2.24) is 5.32 Å². The zero-order chi connectivity index (χ0) is 15.6. The van der Waals surface area contributed by atoms with Gasteiger partial charge in [0.05, 0.1) is 12.7 Å². The molecule has 3 nitrogen and oxygen atoms in total. The standard InChI is InChI=1S/C17H27FN2O/c1-12-11-21-13(2)10-20(12)16-8-6-7-15(18)14(16)9-19-17(3,4)5/h6-8,12-13,19H,9-11H2,1-5H3. The van der Waals surface area contributed by atoms with Crippen molar-refractivity contribution in [1.29, 1.82) is 0 Å². The van der Waals surface area contributed by atoms with Crippen LogP contribution < -0.4 is 10.2 Å². The van der Waals surface area contributed by atoms with Crippen molar-refractivity contribution in [2.75, 3.05) is 18.1 Å². The van der Waals surface area contributed by atoms with E-state index in [1.54, 1.807) is 6.07 Å². The van der Waals surface area contributed by atoms with Gasteiger partial charge in [0.25, 0.3) is 0 Å². The van der Waals surface area contributed by atoms with Crippen LogP contribution in [-0.4, -0.2) is 30.8 Å². The van der Waals surface area contributed by atoms with Crippen LogP contribution in [0.3, 0.4) is 0 Å². The van der Waals surface area contributed by atoms with Crippen LogP contribution in [0.5, 0.6) is 0 Å². The Kier molecular flexibility index (Phi) is 4.89. The average Bonchev–Trinajstić information content (AvgIpc) is 2.39. The lowest BCUT2D eigenvalue weighted by atomic mass is 10.0. The SMILES string of the molecule is CC1CN(c2cccc(F)c2CNC(C)(C)C)C(C)CO1. The molecule has 118 valence electrons. The first-order chi connectivity index (χ1) is 9.78. The second-order valence-electron chi connectivity index (χ2n) is 6.99. The summed E-state index contributed by atoms with van der Waals surface area (Å²) in [6.45, 7) is 12.5. The quantitative estimate of drug-likeness (QED) is 0.925. The highest BCUT2D eigenvalue weighted by molar-refractivity contribution is 5.55. The molecule has 0 bridgehead atoms. The Morgan fingerprint density at radius 3 is 2.71 bits per heavy atom. The van der Waals surface area contributed by atoms with E-state index >= 15 is 0 Å². The summed E-state index contributed by atoms with van der Waals surface area (Å²) in [6, 6.07) is 5.60. The van der Waals surface area contributed by atoms with Crippen LogP contribution in [0.4, 0.5) is 10.1 Å². The van der Waals surface area contributed by atoms with E-state index in [4.69, 9.17) is 4.74 Å². The summed E-state index contributed by atoms with van der Waals surface area (Å²) in [5.74, 6) is -0.143. The van der Waals surface area contributed by atoms with Crippen molar-refractivity contribution >= 4 is 5.69 Å². The zero-order valence-electron chi connectivity index (χ0n) is 13.7. The van der Waals surface area contributed by atoms with Crippen LogP contribution in [0, 0.1) is 5.82 Å². The van der Waals surface area contributed by atoms with Crippen LogP contribution in [0.15, 0.2) is 18.2 Å². The summed E-state index contributed by atoms with van der Waals surface area (Å²) in [5.41, 5.74) is 1.69. The molecule has 1 N–H and O–H groups in total. The first kappa shape index (κ1) is 16.2. The van der Waals surface area contributed by atoms with Crippen molar-refractivity contribution in [2.45, 2.75) is 58.8 Å². The average molecular weight is 294 g/mol. The normalized spacial score (nSPS) is 23.4. The maximum Gasteiger partial charge on any atom is 0.129 e. The number of morpholine rings is 1. The summed E-state index contributed by atoms with van der Waals surface area (Å²) < 4.78 is 20.0. The lowest BCUT2D eigenvalue weighted by Crippen LogP contribution is -2.48. The molecule has 1 fully saturated rings. The highest BCUT2D eigenvalue weighted by atomic mass is 19.1. The number of halogens is 1. The first-order valence-electron chi connectivity index (χ1n) is 7.68. The molecule has 0 aromatic heterocycles. The van der Waals surface area contributed by atoms with E-state index in [2.05, 4.69) is 44.8 Å². The molecule has 4 heteroatoms. The number of hydrogen-bond acceptors (Lipinski definition) is 3. The number of rotatable bonds is 3. The molecule has 1 aliphatic rings. The van der Waals surface area contributed by atoms with Crippen molar-refractivity contribution in [2.24, 2.45) is 0 Å². The van der Waals surface area contributed by atoms with Crippen molar-refractivity contribution in [3.05, 3.63) is 29.6 Å². The number of hydrogen-bond donors (Lipinski definition) is 1. The predicted octanol–water partition coefficient (Wildman–Crippen LogP) is 3.33. The van der Waals surface area contributed by atoms with E-state index in [1.807, 2.05) is 6.07 Å². The van der Waals surface area contributed by atoms with E-state index in [0.717, 1.165) is 17.8 Å². The minimum atomic E-state index is -0.143. The molecule has 1 aromatic carbocycles. The van der Waals surface area contributed by atoms with Crippen LogP contribution in [0.1, 0.15) is 40.2 Å². The molecule has 0 spiro atoms. The summed E-state index contributed by atoms with van der Waals surface area (Å²) in [7, 11) is 0. The van der Waals surface area contributed by atoms with Gasteiger partial charge in [0.15, 0.2) is 0 Å². The summed E-state index contributed by atoms with van der Waals surface area (Å²) in [6.07, 6.45) is 0.174. The molecule has 0 aliphatic carbocycles. The summed E-state index contributed by atoms with van der Waals surface area (Å²) in [5, 5.41) is 3.39. The minimum Gasteiger partial charge on any atom is -0.375 e. The lowest BCUT2D eigenvalue weighted by molar-refractivity contribution is 0.0342. The highest BCUT2D eigenvalue weighted by Crippen LogP contribution is 2.28. The second kappa shape index (κ2) is 6.32. The van der Waals surface area contributed by atoms with Crippen LogP contribution in [0.2, 0.25) is 0 Å². The van der Waals surface area contributed by atoms with Gasteiger partial charge in [-0.15, -0.1) is 0 Å². The van der Waals surface area contributed by atoms with Gasteiger partial charge in [-0.25, -0.2) is 4.39 Å². The van der Waals surface area contributed by atoms with E-state index in [-0.39, 0.29) is 23.5 Å². The lowest BCUT2D eigenvalue weighted by Gasteiger charge is -2.39. The number of benzene rings is 1. The maximum atomic E-state index is 14.3. The Morgan fingerprint density at radius 2 is 2.05 bits per heavy atom. The van der Waals surface area contributed by atoms with Gasteiger partial charge in [-0.3, -0.25) is 0 Å². The van der Waals surface area contributed by atoms with Crippen molar-refractivity contribution < 1.29 is 9.13 Å². The molecule has 2 atom stereocenters. The molecule has 1 heterocycles. The van der Waals surface area contributed by atoms with Crippen LogP contribution in [-0.2, 0) is 11.3 Å². The molecular weight excluding hydrogens is 267 g/mol. The third-order valence-corrected chi connectivity index (χ3v) is 3.81. The third kappa shape index (κ3) is 4.17. The van der Waals surface area contributed by atoms with Gasteiger partial charge in [0.2, 0.25) is 0 Å². The number of nitrogens with one attached hydrogen (secondary N) is 1. The molecule has 0 amide bonds. The molecule has 1 aromatic rings. The smallest absolute Gasteiger partial charge is 0.129 e. The molecule has 21 heavy (non-hydrogen) atoms. The Hall–Kier alpha value is -1.13. The van der Waals surface area contributed by atoms with Gasteiger partial charge in [0, 0.05) is 35.9 Å². The van der Waals surface area contributed by atoms with E-state index in [9.17, 15) is 4.39 Å². The first-order valence-corrected chi connectivity index (χ1v) is 7.68. The van der Waals surface area contributed by atoms with Crippen molar-refractivity contribution in [3.63, 3.8) is 0 Å². The fourth-order valence-electron chi connectivity index (χ4n) is 2.58. The van der Waals surface area contributed by atoms with E-state index < -0.39 is 0 Å². The molecule has 2 unspecified atom stereocenters. The predicted molar refractivity (Wildman–Crippen MR) is 85.2 cm³/mol. The van der Waals surface area contributed by atoms with Gasteiger partial charge < -0.3 is 15.0 Å². The maximum absolute atomic E-state index is 14.3. The molecule has 0 saturated carbocycles. The molecule has 1 aliphatic heterocycles. The Balaban J connectivity index is 2.28. The van der Waals surface area contributed by atoms with E-state index in [1.165, 1.54) is 6.07 Å². The van der Waals surface area contributed by atoms with E-state index in [0.29, 0.717) is 13.2 Å². The van der Waals surface area contributed by atoms with Gasteiger partial charge in [-0.2, -0.15) is 0 Å². The van der Waals surface area contributed by atoms with Crippen LogP contribution >= 0.6 is 0 Å². The monoisotopic (exact) mass is 294 g/mol. The van der Waals surface area contributed by atoms with Gasteiger partial charge in [-0.05, 0) is 46.8 Å².